The third-order valence-corrected chi connectivity index (χ3v) is 4.59. The zero-order valence-electron chi connectivity index (χ0n) is 13.0. The molecule has 2 aromatic rings. The minimum absolute atomic E-state index is 0.0589. The van der Waals surface area contributed by atoms with Crippen molar-refractivity contribution in [1.29, 1.82) is 0 Å². The molecule has 1 saturated heterocycles. The lowest BCUT2D eigenvalue weighted by Crippen LogP contribution is -2.45. The van der Waals surface area contributed by atoms with Crippen LogP contribution in [0.1, 0.15) is 25.5 Å². The van der Waals surface area contributed by atoms with Crippen molar-refractivity contribution < 1.29 is 4.74 Å². The molecule has 5 nitrogen and oxygen atoms in total. The molecule has 118 valence electrons. The Morgan fingerprint density at radius 1 is 1.41 bits per heavy atom. The number of ether oxygens (including phenoxy) is 1. The summed E-state index contributed by atoms with van der Waals surface area (Å²) in [6.45, 7) is 10.4. The summed E-state index contributed by atoms with van der Waals surface area (Å²) in [6, 6.07) is 4.04. The van der Waals surface area contributed by atoms with Gasteiger partial charge in [-0.2, -0.15) is 9.61 Å². The van der Waals surface area contributed by atoms with Crippen molar-refractivity contribution in [3.63, 3.8) is 0 Å². The predicted molar refractivity (Wildman–Crippen MR) is 91.4 cm³/mol. The zero-order chi connectivity index (χ0) is 15.7. The highest BCUT2D eigenvalue weighted by Crippen LogP contribution is 2.29. The first kappa shape index (κ1) is 15.5. The van der Waals surface area contributed by atoms with E-state index in [-0.39, 0.29) is 5.60 Å². The number of nitrogens with zero attached hydrogens (tertiary/aromatic N) is 4. The van der Waals surface area contributed by atoms with Crippen molar-refractivity contribution in [2.24, 2.45) is 0 Å². The van der Waals surface area contributed by atoms with Gasteiger partial charge in [0.2, 0.25) is 0 Å². The molecule has 0 bridgehead atoms. The summed E-state index contributed by atoms with van der Waals surface area (Å²) in [5.41, 5.74) is 1.82. The third-order valence-electron chi connectivity index (χ3n) is 4.20. The second-order valence-corrected chi connectivity index (χ2v) is 6.84. The zero-order valence-corrected chi connectivity index (χ0v) is 14.6. The number of aryl methyl sites for hydroxylation is 1. The summed E-state index contributed by atoms with van der Waals surface area (Å²) in [7, 11) is 0. The van der Waals surface area contributed by atoms with Gasteiger partial charge >= 0.3 is 0 Å². The molecule has 0 saturated carbocycles. The van der Waals surface area contributed by atoms with Crippen molar-refractivity contribution in [2.45, 2.75) is 32.3 Å². The lowest BCUT2D eigenvalue weighted by atomic mass is 9.93. The molecule has 1 aliphatic heterocycles. The molecule has 0 aliphatic carbocycles. The maximum absolute atomic E-state index is 5.93. The van der Waals surface area contributed by atoms with E-state index in [2.05, 4.69) is 50.5 Å². The standard InChI is InChI=1S/C16H21BrN4O/c1-4-9-22-16(3)5-7-20(8-6-16)15-10-12(2)18-14-11-13(17)19-21(14)15/h4,10-11H,1,5-9H2,2-3H3. The fraction of sp³-hybridized carbons (Fsp3) is 0.500. The van der Waals surface area contributed by atoms with Crippen LogP contribution >= 0.6 is 15.9 Å². The molecule has 1 fully saturated rings. The molecule has 0 aromatic carbocycles. The van der Waals surface area contributed by atoms with Gasteiger partial charge in [-0.25, -0.2) is 4.98 Å². The predicted octanol–water partition coefficient (Wildman–Crippen LogP) is 3.36. The van der Waals surface area contributed by atoms with Gasteiger partial charge in [0, 0.05) is 30.9 Å². The monoisotopic (exact) mass is 364 g/mol. The lowest BCUT2D eigenvalue weighted by Gasteiger charge is -2.40. The highest BCUT2D eigenvalue weighted by atomic mass is 79.9. The van der Waals surface area contributed by atoms with Gasteiger partial charge in [-0.1, -0.05) is 6.08 Å². The lowest BCUT2D eigenvalue weighted by molar-refractivity contribution is -0.0335. The molecule has 0 N–H and O–H groups in total. The summed E-state index contributed by atoms with van der Waals surface area (Å²) in [5.74, 6) is 1.10. The average Bonchev–Trinajstić information content (AvgIpc) is 2.85. The minimum atomic E-state index is -0.0589. The van der Waals surface area contributed by atoms with E-state index in [4.69, 9.17) is 4.74 Å². The highest BCUT2D eigenvalue weighted by Gasteiger charge is 2.31. The summed E-state index contributed by atoms with van der Waals surface area (Å²) < 4.78 is 8.65. The van der Waals surface area contributed by atoms with Crippen molar-refractivity contribution in [3.05, 3.63) is 35.1 Å². The van der Waals surface area contributed by atoms with Crippen molar-refractivity contribution >= 4 is 27.4 Å². The van der Waals surface area contributed by atoms with E-state index < -0.39 is 0 Å². The maximum atomic E-state index is 5.93. The summed E-state index contributed by atoms with van der Waals surface area (Å²) in [5, 5.41) is 4.50. The molecule has 6 heteroatoms. The second-order valence-electron chi connectivity index (χ2n) is 6.03. The van der Waals surface area contributed by atoms with Gasteiger partial charge in [0.05, 0.1) is 12.2 Å². The number of hydrogen-bond donors (Lipinski definition) is 0. The Labute approximate surface area is 139 Å². The van der Waals surface area contributed by atoms with Gasteiger partial charge in [0.25, 0.3) is 0 Å². The van der Waals surface area contributed by atoms with Crippen molar-refractivity contribution in [2.75, 3.05) is 24.6 Å². The van der Waals surface area contributed by atoms with Crippen molar-refractivity contribution in [3.8, 4) is 0 Å². The number of anilines is 1. The highest BCUT2D eigenvalue weighted by molar-refractivity contribution is 9.10. The Bertz CT molecular complexity index is 689. The molecule has 3 rings (SSSR count). The van der Waals surface area contributed by atoms with Gasteiger partial charge in [-0.15, -0.1) is 6.58 Å². The Balaban J connectivity index is 1.83. The Hall–Kier alpha value is -1.40. The van der Waals surface area contributed by atoms with Gasteiger partial charge in [-0.05, 0) is 42.6 Å². The first-order valence-corrected chi connectivity index (χ1v) is 8.33. The number of fused-ring (bicyclic) bond motifs is 1. The largest absolute Gasteiger partial charge is 0.371 e. The van der Waals surface area contributed by atoms with Crippen LogP contribution in [0.5, 0.6) is 0 Å². The van der Waals surface area contributed by atoms with E-state index in [0.717, 1.165) is 47.7 Å². The van der Waals surface area contributed by atoms with Crippen LogP contribution in [0.25, 0.3) is 5.65 Å². The number of piperidine rings is 1. The second kappa shape index (κ2) is 6.01. The van der Waals surface area contributed by atoms with E-state index >= 15 is 0 Å². The molecular weight excluding hydrogens is 344 g/mol. The van der Waals surface area contributed by atoms with E-state index in [0.29, 0.717) is 6.61 Å². The molecule has 3 heterocycles. The number of aromatic nitrogens is 3. The first-order chi connectivity index (χ1) is 10.5. The maximum Gasteiger partial charge on any atom is 0.158 e. The fourth-order valence-electron chi connectivity index (χ4n) is 2.89. The van der Waals surface area contributed by atoms with E-state index in [1.165, 1.54) is 0 Å². The summed E-state index contributed by atoms with van der Waals surface area (Å²) in [4.78, 5) is 6.89. The van der Waals surface area contributed by atoms with Gasteiger partial charge in [0.1, 0.15) is 10.4 Å². The van der Waals surface area contributed by atoms with E-state index in [1.54, 1.807) is 0 Å². The molecule has 0 spiro atoms. The van der Waals surface area contributed by atoms with Gasteiger partial charge in [0.15, 0.2) is 5.65 Å². The molecule has 0 amide bonds. The summed E-state index contributed by atoms with van der Waals surface area (Å²) in [6.07, 6.45) is 3.80. The minimum Gasteiger partial charge on any atom is -0.371 e. The third kappa shape index (κ3) is 3.03. The Morgan fingerprint density at radius 3 is 2.82 bits per heavy atom. The van der Waals surface area contributed by atoms with Gasteiger partial charge < -0.3 is 9.64 Å². The summed E-state index contributed by atoms with van der Waals surface area (Å²) >= 11 is 3.43. The van der Waals surface area contributed by atoms with Crippen LogP contribution < -0.4 is 4.90 Å². The number of hydrogen-bond acceptors (Lipinski definition) is 4. The van der Waals surface area contributed by atoms with Crippen molar-refractivity contribution in [1.82, 2.24) is 14.6 Å². The quantitative estimate of drug-likeness (QED) is 0.780. The number of halogens is 1. The van der Waals surface area contributed by atoms with Crippen LogP contribution in [-0.4, -0.2) is 39.9 Å². The fourth-order valence-corrected chi connectivity index (χ4v) is 3.25. The molecule has 0 atom stereocenters. The average molecular weight is 365 g/mol. The van der Waals surface area contributed by atoms with Crippen LogP contribution in [0.15, 0.2) is 29.4 Å². The Kier molecular flexibility index (Phi) is 4.23. The molecule has 2 aromatic heterocycles. The Morgan fingerprint density at radius 2 is 2.14 bits per heavy atom. The topological polar surface area (TPSA) is 42.7 Å². The molecule has 22 heavy (non-hydrogen) atoms. The van der Waals surface area contributed by atoms with Crippen LogP contribution in [0.4, 0.5) is 5.82 Å². The molecule has 0 unspecified atom stereocenters. The van der Waals surface area contributed by atoms with E-state index in [1.807, 2.05) is 23.6 Å². The molecular formula is C16H21BrN4O. The van der Waals surface area contributed by atoms with Crippen LogP contribution in [-0.2, 0) is 4.74 Å². The first-order valence-electron chi connectivity index (χ1n) is 7.53. The molecule has 1 aliphatic rings. The van der Waals surface area contributed by atoms with Gasteiger partial charge in [-0.3, -0.25) is 0 Å². The number of rotatable bonds is 4. The van der Waals surface area contributed by atoms with Crippen LogP contribution in [0.2, 0.25) is 0 Å². The van der Waals surface area contributed by atoms with Crippen LogP contribution in [0.3, 0.4) is 0 Å². The normalized spacial score (nSPS) is 17.9. The van der Waals surface area contributed by atoms with E-state index in [9.17, 15) is 0 Å². The SMILES string of the molecule is C=CCOC1(C)CCN(c2cc(C)nc3cc(Br)nn23)CC1. The molecule has 0 radical (unpaired) electrons. The smallest absolute Gasteiger partial charge is 0.158 e. The van der Waals surface area contributed by atoms with Crippen LogP contribution in [0, 0.1) is 6.92 Å².